The first kappa shape index (κ1) is 19.2. The van der Waals surface area contributed by atoms with Gasteiger partial charge in [0, 0.05) is 22.8 Å². The van der Waals surface area contributed by atoms with Crippen molar-refractivity contribution in [3.05, 3.63) is 21.4 Å². The fourth-order valence-electron chi connectivity index (χ4n) is 2.22. The van der Waals surface area contributed by atoms with Gasteiger partial charge in [0.15, 0.2) is 0 Å². The van der Waals surface area contributed by atoms with Gasteiger partial charge in [-0.2, -0.15) is 0 Å². The van der Waals surface area contributed by atoms with Crippen LogP contribution < -0.4 is 5.32 Å². The summed E-state index contributed by atoms with van der Waals surface area (Å²) in [5, 5.41) is 3.01. The molecule has 126 valence electrons. The maximum atomic E-state index is 12.2. The Morgan fingerprint density at radius 3 is 2.18 bits per heavy atom. The molecule has 0 fully saturated rings. The van der Waals surface area contributed by atoms with Gasteiger partial charge in [-0.3, -0.25) is 4.79 Å². The van der Waals surface area contributed by atoms with E-state index in [2.05, 4.69) is 57.8 Å². The average Bonchev–Trinajstić information content (AvgIpc) is 2.71. The van der Waals surface area contributed by atoms with Gasteiger partial charge >= 0.3 is 0 Å². The second-order valence-corrected chi connectivity index (χ2v) is 9.35. The van der Waals surface area contributed by atoms with E-state index in [0.29, 0.717) is 13.0 Å². The van der Waals surface area contributed by atoms with Crippen LogP contribution in [0.25, 0.3) is 0 Å². The molecule has 4 heteroatoms. The summed E-state index contributed by atoms with van der Waals surface area (Å²) in [4.78, 5) is 17.0. The number of carbonyl (C=O) groups excluding carboxylic acids is 1. The number of hydrogen-bond acceptors (Lipinski definition) is 3. The Kier molecular flexibility index (Phi) is 6.22. The zero-order valence-corrected chi connectivity index (χ0v) is 16.3. The molecule has 0 radical (unpaired) electrons. The zero-order valence-electron chi connectivity index (χ0n) is 15.5. The fraction of sp³-hybridized carbons (Fsp3) is 0.722. The van der Waals surface area contributed by atoms with Crippen molar-refractivity contribution in [3.63, 3.8) is 0 Å². The molecule has 0 saturated carbocycles. The molecule has 0 bridgehead atoms. The minimum atomic E-state index is 0.0768. The summed E-state index contributed by atoms with van der Waals surface area (Å²) >= 11 is 1.86. The molecule has 0 aliphatic rings. The predicted molar refractivity (Wildman–Crippen MR) is 97.0 cm³/mol. The SMILES string of the molecule is CN(C)CCNC(=O)Cc1cc(C(C)(C)C)sc1C(C)(C)C. The van der Waals surface area contributed by atoms with Crippen molar-refractivity contribution >= 4 is 17.2 Å². The normalized spacial score (nSPS) is 12.8. The zero-order chi connectivity index (χ0) is 17.1. The number of amides is 1. The van der Waals surface area contributed by atoms with E-state index in [1.54, 1.807) is 0 Å². The van der Waals surface area contributed by atoms with E-state index >= 15 is 0 Å². The molecule has 0 aliphatic carbocycles. The number of likely N-dealkylation sites (N-methyl/N-ethyl adjacent to an activating group) is 1. The standard InChI is InChI=1S/C18H32N2OS/c1-17(2,3)14-11-13(16(22-14)18(4,5)6)12-15(21)19-9-10-20(7)8/h11H,9-10,12H2,1-8H3,(H,19,21). The summed E-state index contributed by atoms with van der Waals surface area (Å²) in [7, 11) is 4.02. The van der Waals surface area contributed by atoms with Crippen LogP contribution in [-0.4, -0.2) is 38.0 Å². The molecular formula is C18H32N2OS. The van der Waals surface area contributed by atoms with Crippen molar-refractivity contribution in [2.75, 3.05) is 27.2 Å². The molecule has 0 saturated heterocycles. The van der Waals surface area contributed by atoms with Crippen LogP contribution in [0.15, 0.2) is 6.07 Å². The van der Waals surface area contributed by atoms with Crippen molar-refractivity contribution < 1.29 is 4.79 Å². The number of carbonyl (C=O) groups is 1. The summed E-state index contributed by atoms with van der Waals surface area (Å²) in [6, 6.07) is 2.23. The Balaban J connectivity index is 2.89. The highest BCUT2D eigenvalue weighted by molar-refractivity contribution is 7.12. The van der Waals surface area contributed by atoms with Gasteiger partial charge in [0.25, 0.3) is 0 Å². The molecule has 1 amide bonds. The number of hydrogen-bond donors (Lipinski definition) is 1. The van der Waals surface area contributed by atoms with Gasteiger partial charge in [-0.25, -0.2) is 0 Å². The van der Waals surface area contributed by atoms with Crippen LogP contribution in [0.5, 0.6) is 0 Å². The van der Waals surface area contributed by atoms with Crippen molar-refractivity contribution in [1.29, 1.82) is 0 Å². The van der Waals surface area contributed by atoms with Crippen LogP contribution in [0, 0.1) is 0 Å². The Bertz CT molecular complexity index is 504. The van der Waals surface area contributed by atoms with E-state index in [1.165, 1.54) is 15.3 Å². The van der Waals surface area contributed by atoms with Crippen LogP contribution in [-0.2, 0) is 22.0 Å². The van der Waals surface area contributed by atoms with E-state index in [0.717, 1.165) is 6.54 Å². The molecule has 22 heavy (non-hydrogen) atoms. The summed E-state index contributed by atoms with van der Waals surface area (Å²) in [6.07, 6.45) is 0.479. The molecule has 1 N–H and O–H groups in total. The molecule has 0 spiro atoms. The highest BCUT2D eigenvalue weighted by atomic mass is 32.1. The van der Waals surface area contributed by atoms with Gasteiger partial charge in [-0.15, -0.1) is 11.3 Å². The molecular weight excluding hydrogens is 292 g/mol. The third-order valence-electron chi connectivity index (χ3n) is 3.46. The first-order valence-corrected chi connectivity index (χ1v) is 8.78. The number of nitrogens with one attached hydrogen (secondary N) is 1. The highest BCUT2D eigenvalue weighted by Crippen LogP contribution is 2.39. The summed E-state index contributed by atoms with van der Waals surface area (Å²) < 4.78 is 0. The van der Waals surface area contributed by atoms with Gasteiger partial charge in [0.05, 0.1) is 6.42 Å². The molecule has 0 aliphatic heterocycles. The van der Waals surface area contributed by atoms with E-state index in [1.807, 2.05) is 25.4 Å². The van der Waals surface area contributed by atoms with Gasteiger partial charge in [-0.1, -0.05) is 41.5 Å². The molecule has 1 rings (SSSR count). The Hall–Kier alpha value is -0.870. The quantitative estimate of drug-likeness (QED) is 0.898. The van der Waals surface area contributed by atoms with E-state index in [-0.39, 0.29) is 16.7 Å². The molecule has 0 unspecified atom stereocenters. The maximum absolute atomic E-state index is 12.2. The van der Waals surface area contributed by atoms with Crippen LogP contribution in [0.2, 0.25) is 0 Å². The van der Waals surface area contributed by atoms with Crippen molar-refractivity contribution in [3.8, 4) is 0 Å². The van der Waals surface area contributed by atoms with Gasteiger partial charge in [-0.05, 0) is 36.6 Å². The van der Waals surface area contributed by atoms with Crippen LogP contribution in [0.3, 0.4) is 0 Å². The monoisotopic (exact) mass is 324 g/mol. The van der Waals surface area contributed by atoms with E-state index in [4.69, 9.17) is 0 Å². The summed E-state index contributed by atoms with van der Waals surface area (Å²) in [6.45, 7) is 14.9. The lowest BCUT2D eigenvalue weighted by atomic mass is 9.89. The first-order valence-electron chi connectivity index (χ1n) is 7.96. The molecule has 0 atom stereocenters. The third-order valence-corrected chi connectivity index (χ3v) is 5.49. The molecule has 3 nitrogen and oxygen atoms in total. The Morgan fingerprint density at radius 1 is 1.14 bits per heavy atom. The largest absolute Gasteiger partial charge is 0.355 e. The lowest BCUT2D eigenvalue weighted by molar-refractivity contribution is -0.120. The van der Waals surface area contributed by atoms with Crippen molar-refractivity contribution in [2.45, 2.75) is 58.8 Å². The highest BCUT2D eigenvalue weighted by Gasteiger charge is 2.26. The average molecular weight is 325 g/mol. The number of thiophene rings is 1. The van der Waals surface area contributed by atoms with Crippen LogP contribution in [0.1, 0.15) is 56.9 Å². The predicted octanol–water partition coefficient (Wildman–Crippen LogP) is 3.56. The first-order chi connectivity index (χ1) is 9.91. The minimum absolute atomic E-state index is 0.0768. The molecule has 1 aromatic heterocycles. The van der Waals surface area contributed by atoms with E-state index in [9.17, 15) is 4.79 Å². The number of rotatable bonds is 5. The van der Waals surface area contributed by atoms with Crippen LogP contribution >= 0.6 is 11.3 Å². The molecule has 0 aromatic carbocycles. The molecule has 1 heterocycles. The van der Waals surface area contributed by atoms with Gasteiger partial charge < -0.3 is 10.2 Å². The van der Waals surface area contributed by atoms with Crippen LogP contribution in [0.4, 0.5) is 0 Å². The fourth-order valence-corrected chi connectivity index (χ4v) is 3.51. The lowest BCUT2D eigenvalue weighted by Gasteiger charge is -2.19. The lowest BCUT2D eigenvalue weighted by Crippen LogP contribution is -2.32. The Morgan fingerprint density at radius 2 is 1.73 bits per heavy atom. The minimum Gasteiger partial charge on any atom is -0.355 e. The smallest absolute Gasteiger partial charge is 0.224 e. The van der Waals surface area contributed by atoms with Crippen molar-refractivity contribution in [1.82, 2.24) is 10.2 Å². The topological polar surface area (TPSA) is 32.3 Å². The second-order valence-electron chi connectivity index (χ2n) is 8.30. The Labute approximate surface area is 140 Å². The molecule has 1 aromatic rings. The summed E-state index contributed by atoms with van der Waals surface area (Å²) in [5.41, 5.74) is 1.39. The maximum Gasteiger partial charge on any atom is 0.224 e. The third kappa shape index (κ3) is 5.73. The van der Waals surface area contributed by atoms with Crippen molar-refractivity contribution in [2.24, 2.45) is 0 Å². The second kappa shape index (κ2) is 7.14. The number of nitrogens with zero attached hydrogens (tertiary/aromatic N) is 1. The van der Waals surface area contributed by atoms with E-state index < -0.39 is 0 Å². The van der Waals surface area contributed by atoms with Gasteiger partial charge in [0.2, 0.25) is 5.91 Å². The summed E-state index contributed by atoms with van der Waals surface area (Å²) in [5.74, 6) is 0.116. The van der Waals surface area contributed by atoms with Gasteiger partial charge in [0.1, 0.15) is 0 Å².